The molecule has 0 bridgehead atoms. The van der Waals surface area contributed by atoms with E-state index in [0.29, 0.717) is 12.3 Å². The lowest BCUT2D eigenvalue weighted by Crippen LogP contribution is -2.09. The molecule has 0 radical (unpaired) electrons. The van der Waals surface area contributed by atoms with Gasteiger partial charge < -0.3 is 0 Å². The summed E-state index contributed by atoms with van der Waals surface area (Å²) >= 11 is 0. The van der Waals surface area contributed by atoms with Gasteiger partial charge >= 0.3 is 0 Å². The van der Waals surface area contributed by atoms with Gasteiger partial charge in [-0.1, -0.05) is 48.5 Å². The van der Waals surface area contributed by atoms with Gasteiger partial charge in [0.1, 0.15) is 0 Å². The fourth-order valence-corrected chi connectivity index (χ4v) is 6.17. The number of halogens is 2. The van der Waals surface area contributed by atoms with Crippen LogP contribution in [0.5, 0.6) is 0 Å². The number of aryl methyl sites for hydroxylation is 1. The maximum Gasteiger partial charge on any atom is 0.248 e. The highest BCUT2D eigenvalue weighted by atomic mass is 19.3. The molecule has 34 heavy (non-hydrogen) atoms. The van der Waals surface area contributed by atoms with Crippen molar-refractivity contribution in [1.29, 1.82) is 0 Å². The van der Waals surface area contributed by atoms with E-state index >= 15 is 0 Å². The highest BCUT2D eigenvalue weighted by Crippen LogP contribution is 2.48. The Morgan fingerprint density at radius 2 is 1.68 bits per heavy atom. The summed E-state index contributed by atoms with van der Waals surface area (Å²) in [5.41, 5.74) is 11.1. The molecule has 7 rings (SSSR count). The van der Waals surface area contributed by atoms with Crippen LogP contribution >= 0.6 is 0 Å². The molecule has 2 saturated carbocycles. The SMILES string of the molecule is Cc1cc2c(c(-c3nc(C4CC4)cc4cc(C5CCC(F)(F)C5)ccc34)c1)Cc1ccccc1-2. The smallest absolute Gasteiger partial charge is 0.248 e. The monoisotopic (exact) mass is 451 g/mol. The Kier molecular flexibility index (Phi) is 4.31. The normalized spacial score (nSPS) is 20.5. The van der Waals surface area contributed by atoms with Gasteiger partial charge in [0.05, 0.1) is 5.69 Å². The third-order valence-electron chi connectivity index (χ3n) is 8.07. The van der Waals surface area contributed by atoms with Crippen molar-refractivity contribution in [3.05, 3.63) is 88.6 Å². The molecule has 0 aliphatic heterocycles. The number of fused-ring (bicyclic) bond motifs is 4. The van der Waals surface area contributed by atoms with Gasteiger partial charge in [-0.05, 0) is 89.4 Å². The molecule has 4 aromatic rings. The molecule has 0 saturated heterocycles. The minimum atomic E-state index is -2.53. The van der Waals surface area contributed by atoms with E-state index in [1.807, 2.05) is 0 Å². The first-order valence-corrected chi connectivity index (χ1v) is 12.5. The maximum absolute atomic E-state index is 13.9. The third-order valence-corrected chi connectivity index (χ3v) is 8.07. The molecule has 1 heterocycles. The van der Waals surface area contributed by atoms with E-state index in [4.69, 9.17) is 4.98 Å². The van der Waals surface area contributed by atoms with Crippen LogP contribution in [-0.2, 0) is 6.42 Å². The Labute approximate surface area is 198 Å². The molecule has 3 aliphatic rings. The number of alkyl halides is 2. The van der Waals surface area contributed by atoms with Crippen molar-refractivity contribution >= 4 is 10.8 Å². The zero-order valence-corrected chi connectivity index (χ0v) is 19.4. The van der Waals surface area contributed by atoms with Crippen LogP contribution in [0.2, 0.25) is 0 Å². The molecule has 0 amide bonds. The Morgan fingerprint density at radius 1 is 0.853 bits per heavy atom. The average molecular weight is 452 g/mol. The molecule has 0 spiro atoms. The van der Waals surface area contributed by atoms with Crippen LogP contribution < -0.4 is 0 Å². The van der Waals surface area contributed by atoms with Gasteiger partial charge in [-0.2, -0.15) is 0 Å². The standard InChI is InChI=1S/C31H27F2N/c1-18-12-26-24-5-3-2-4-21(24)15-27(26)28(13-18)30-25-9-8-20(22-10-11-31(32,33)17-22)14-23(25)16-29(34-30)19-6-7-19/h2-5,8-9,12-14,16,19,22H,6-7,10-11,15,17H2,1H3. The van der Waals surface area contributed by atoms with Crippen LogP contribution in [-0.4, -0.2) is 10.9 Å². The number of hydrogen-bond acceptors (Lipinski definition) is 1. The molecule has 170 valence electrons. The van der Waals surface area contributed by atoms with E-state index < -0.39 is 5.92 Å². The van der Waals surface area contributed by atoms with Crippen LogP contribution in [0.3, 0.4) is 0 Å². The van der Waals surface area contributed by atoms with Crippen molar-refractivity contribution in [1.82, 2.24) is 4.98 Å². The molecular weight excluding hydrogens is 424 g/mol. The summed E-state index contributed by atoms with van der Waals surface area (Å²) in [6.07, 6.45) is 3.83. The molecule has 3 aromatic carbocycles. The van der Waals surface area contributed by atoms with Crippen molar-refractivity contribution in [2.24, 2.45) is 0 Å². The summed E-state index contributed by atoms with van der Waals surface area (Å²) < 4.78 is 27.9. The second-order valence-corrected chi connectivity index (χ2v) is 10.6. The first-order chi connectivity index (χ1) is 16.4. The first kappa shape index (κ1) is 20.3. The van der Waals surface area contributed by atoms with Gasteiger partial charge in [0.2, 0.25) is 5.92 Å². The topological polar surface area (TPSA) is 12.9 Å². The maximum atomic E-state index is 13.9. The van der Waals surface area contributed by atoms with Crippen molar-refractivity contribution in [2.75, 3.05) is 0 Å². The van der Waals surface area contributed by atoms with Gasteiger partial charge in [0.25, 0.3) is 0 Å². The van der Waals surface area contributed by atoms with Crippen LogP contribution in [0.25, 0.3) is 33.2 Å². The number of benzene rings is 3. The Balaban J connectivity index is 1.42. The molecular formula is C31H27F2N. The molecule has 3 heteroatoms. The fraction of sp³-hybridized carbons (Fsp3) is 0.323. The summed E-state index contributed by atoms with van der Waals surface area (Å²) in [4.78, 5) is 5.24. The number of hydrogen-bond donors (Lipinski definition) is 0. The summed E-state index contributed by atoms with van der Waals surface area (Å²) in [5, 5.41) is 2.27. The van der Waals surface area contributed by atoms with Crippen molar-refractivity contribution in [3.8, 4) is 22.4 Å². The Bertz CT molecular complexity index is 1460. The summed E-state index contributed by atoms with van der Waals surface area (Å²) in [5.74, 6) is -2.06. The Morgan fingerprint density at radius 3 is 2.47 bits per heavy atom. The number of aromatic nitrogens is 1. The highest BCUT2D eigenvalue weighted by molar-refractivity contribution is 5.98. The van der Waals surface area contributed by atoms with E-state index in [1.165, 1.54) is 46.2 Å². The largest absolute Gasteiger partial charge is 0.252 e. The molecule has 1 unspecified atom stereocenters. The zero-order valence-electron chi connectivity index (χ0n) is 19.4. The Hall–Kier alpha value is -3.07. The van der Waals surface area contributed by atoms with Crippen molar-refractivity contribution in [3.63, 3.8) is 0 Å². The highest BCUT2D eigenvalue weighted by Gasteiger charge is 2.40. The summed E-state index contributed by atoms with van der Waals surface area (Å²) in [7, 11) is 0. The lowest BCUT2D eigenvalue weighted by molar-refractivity contribution is 0.00777. The zero-order chi connectivity index (χ0) is 23.0. The minimum absolute atomic E-state index is 0.000607. The summed E-state index contributed by atoms with van der Waals surface area (Å²) in [6.45, 7) is 2.16. The van der Waals surface area contributed by atoms with Gasteiger partial charge in [0.15, 0.2) is 0 Å². The molecule has 3 aliphatic carbocycles. The second kappa shape index (κ2) is 7.21. The van der Waals surface area contributed by atoms with E-state index in [-0.39, 0.29) is 18.8 Å². The first-order valence-electron chi connectivity index (χ1n) is 12.5. The van der Waals surface area contributed by atoms with Crippen LogP contribution in [0.15, 0.2) is 60.7 Å². The molecule has 1 atom stereocenters. The van der Waals surface area contributed by atoms with E-state index in [0.717, 1.165) is 34.1 Å². The van der Waals surface area contributed by atoms with Crippen LogP contribution in [0, 0.1) is 6.92 Å². The lowest BCUT2D eigenvalue weighted by atomic mass is 9.90. The van der Waals surface area contributed by atoms with Gasteiger partial charge in [0, 0.05) is 35.4 Å². The lowest BCUT2D eigenvalue weighted by Gasteiger charge is -2.17. The van der Waals surface area contributed by atoms with Gasteiger partial charge in [-0.25, -0.2) is 8.78 Å². The van der Waals surface area contributed by atoms with Crippen molar-refractivity contribution in [2.45, 2.75) is 63.2 Å². The number of pyridine rings is 1. The molecule has 0 N–H and O–H groups in total. The second-order valence-electron chi connectivity index (χ2n) is 10.6. The predicted molar refractivity (Wildman–Crippen MR) is 134 cm³/mol. The quantitative estimate of drug-likeness (QED) is 0.268. The molecule has 1 aromatic heterocycles. The van der Waals surface area contributed by atoms with Crippen LogP contribution in [0.4, 0.5) is 8.78 Å². The van der Waals surface area contributed by atoms with E-state index in [9.17, 15) is 8.78 Å². The van der Waals surface area contributed by atoms with Gasteiger partial charge in [-0.15, -0.1) is 0 Å². The van der Waals surface area contributed by atoms with E-state index in [1.54, 1.807) is 0 Å². The predicted octanol–water partition coefficient (Wildman–Crippen LogP) is 8.56. The van der Waals surface area contributed by atoms with Crippen molar-refractivity contribution < 1.29 is 8.78 Å². The minimum Gasteiger partial charge on any atom is -0.252 e. The molecule has 2 fully saturated rings. The third kappa shape index (κ3) is 3.28. The number of rotatable bonds is 3. The van der Waals surface area contributed by atoms with Gasteiger partial charge in [-0.3, -0.25) is 4.98 Å². The summed E-state index contributed by atoms with van der Waals surface area (Å²) in [6, 6.07) is 21.9. The van der Waals surface area contributed by atoms with E-state index in [2.05, 4.69) is 67.6 Å². The fourth-order valence-electron chi connectivity index (χ4n) is 6.17. The average Bonchev–Trinajstić information content (AvgIpc) is 3.52. The molecule has 1 nitrogen and oxygen atoms in total. The number of nitrogens with zero attached hydrogens (tertiary/aromatic N) is 1. The van der Waals surface area contributed by atoms with Crippen LogP contribution in [0.1, 0.15) is 71.9 Å².